The predicted octanol–water partition coefficient (Wildman–Crippen LogP) is 4.03. The number of rotatable bonds is 5. The topological polar surface area (TPSA) is 84.4 Å². The molecule has 3 heterocycles. The fourth-order valence-corrected chi connectivity index (χ4v) is 3.53. The van der Waals surface area contributed by atoms with Crippen molar-refractivity contribution in [2.45, 2.75) is 19.3 Å². The van der Waals surface area contributed by atoms with Gasteiger partial charge in [-0.25, -0.2) is 4.39 Å². The summed E-state index contributed by atoms with van der Waals surface area (Å²) in [5.74, 6) is 1.65. The standard InChI is InChI=1S/C22H19FN4O4/c1-28-18-8-5-14(9-19(18)29-2)21-24-22(31-26-21)17-10-16-12-30-20(11-27(16)25-17)13-3-6-15(23)7-4-13/h3-10,20H,11-12H2,1-2H3/t20-/m1/s1. The Morgan fingerprint density at radius 3 is 2.61 bits per heavy atom. The molecule has 8 nitrogen and oxygen atoms in total. The largest absolute Gasteiger partial charge is 0.493 e. The molecule has 0 aliphatic carbocycles. The number of hydrogen-bond acceptors (Lipinski definition) is 7. The van der Waals surface area contributed by atoms with E-state index >= 15 is 0 Å². The first-order chi connectivity index (χ1) is 15.1. The van der Waals surface area contributed by atoms with Gasteiger partial charge in [0.15, 0.2) is 17.2 Å². The number of ether oxygens (including phenoxy) is 3. The summed E-state index contributed by atoms with van der Waals surface area (Å²) in [5.41, 5.74) is 3.10. The van der Waals surface area contributed by atoms with Gasteiger partial charge in [-0.05, 0) is 42.0 Å². The lowest BCUT2D eigenvalue weighted by atomic mass is 10.1. The maximum atomic E-state index is 13.2. The van der Waals surface area contributed by atoms with Crippen molar-refractivity contribution in [3.05, 3.63) is 65.6 Å². The van der Waals surface area contributed by atoms with E-state index in [2.05, 4.69) is 15.2 Å². The summed E-state index contributed by atoms with van der Waals surface area (Å²) >= 11 is 0. The molecule has 1 atom stereocenters. The highest BCUT2D eigenvalue weighted by molar-refractivity contribution is 5.62. The zero-order valence-electron chi connectivity index (χ0n) is 16.9. The number of methoxy groups -OCH3 is 2. The number of fused-ring (bicyclic) bond motifs is 1. The smallest absolute Gasteiger partial charge is 0.278 e. The summed E-state index contributed by atoms with van der Waals surface area (Å²) in [6.07, 6.45) is -0.203. The zero-order chi connectivity index (χ0) is 21.4. The number of benzene rings is 2. The van der Waals surface area contributed by atoms with E-state index in [0.717, 1.165) is 16.8 Å². The number of nitrogens with zero attached hydrogens (tertiary/aromatic N) is 4. The van der Waals surface area contributed by atoms with Gasteiger partial charge in [-0.15, -0.1) is 0 Å². The molecule has 2 aromatic heterocycles. The second-order valence-electron chi connectivity index (χ2n) is 7.05. The van der Waals surface area contributed by atoms with Crippen molar-refractivity contribution in [1.29, 1.82) is 0 Å². The molecule has 1 aliphatic rings. The molecule has 31 heavy (non-hydrogen) atoms. The van der Waals surface area contributed by atoms with E-state index in [-0.39, 0.29) is 11.9 Å². The van der Waals surface area contributed by atoms with Crippen LogP contribution in [0.5, 0.6) is 11.5 Å². The Balaban J connectivity index is 1.39. The van der Waals surface area contributed by atoms with Gasteiger partial charge < -0.3 is 18.7 Å². The molecule has 4 aromatic rings. The zero-order valence-corrected chi connectivity index (χ0v) is 16.9. The van der Waals surface area contributed by atoms with Crippen LogP contribution in [0.1, 0.15) is 17.4 Å². The van der Waals surface area contributed by atoms with Gasteiger partial charge in [0, 0.05) is 5.56 Å². The van der Waals surface area contributed by atoms with Crippen molar-refractivity contribution in [3.63, 3.8) is 0 Å². The number of aromatic nitrogens is 4. The first kappa shape index (κ1) is 19.3. The molecule has 0 bridgehead atoms. The van der Waals surface area contributed by atoms with Gasteiger partial charge in [-0.2, -0.15) is 10.1 Å². The van der Waals surface area contributed by atoms with Crippen LogP contribution in [0.4, 0.5) is 4.39 Å². The molecule has 9 heteroatoms. The molecule has 0 amide bonds. The summed E-state index contributed by atoms with van der Waals surface area (Å²) in [7, 11) is 3.15. The molecular weight excluding hydrogens is 403 g/mol. The molecule has 0 radical (unpaired) electrons. The summed E-state index contributed by atoms with van der Waals surface area (Å²) in [6.45, 7) is 0.892. The van der Waals surface area contributed by atoms with Crippen LogP contribution in [0.3, 0.4) is 0 Å². The highest BCUT2D eigenvalue weighted by Crippen LogP contribution is 2.33. The lowest BCUT2D eigenvalue weighted by molar-refractivity contribution is -0.00116. The Labute approximate surface area is 177 Å². The van der Waals surface area contributed by atoms with E-state index in [1.54, 1.807) is 38.5 Å². The Morgan fingerprint density at radius 1 is 1.03 bits per heavy atom. The Hall–Kier alpha value is -3.72. The Morgan fingerprint density at radius 2 is 1.84 bits per heavy atom. The second-order valence-corrected chi connectivity index (χ2v) is 7.05. The van der Waals surface area contributed by atoms with Gasteiger partial charge in [0.25, 0.3) is 5.89 Å². The monoisotopic (exact) mass is 422 g/mol. The molecule has 5 rings (SSSR count). The van der Waals surface area contributed by atoms with Crippen LogP contribution in [0.15, 0.2) is 53.1 Å². The molecule has 0 spiro atoms. The summed E-state index contributed by atoms with van der Waals surface area (Å²) in [5, 5.41) is 8.68. The Kier molecular flexibility index (Phi) is 4.87. The summed E-state index contributed by atoms with van der Waals surface area (Å²) < 4.78 is 37.0. The van der Waals surface area contributed by atoms with E-state index < -0.39 is 0 Å². The number of halogens is 1. The third kappa shape index (κ3) is 3.64. The van der Waals surface area contributed by atoms with Gasteiger partial charge in [0.2, 0.25) is 5.82 Å². The quantitative estimate of drug-likeness (QED) is 0.480. The van der Waals surface area contributed by atoms with Gasteiger partial charge in [-0.3, -0.25) is 4.68 Å². The molecule has 0 unspecified atom stereocenters. The van der Waals surface area contributed by atoms with Gasteiger partial charge in [-0.1, -0.05) is 17.3 Å². The summed E-state index contributed by atoms with van der Waals surface area (Å²) in [4.78, 5) is 4.48. The maximum absolute atomic E-state index is 13.2. The van der Waals surface area contributed by atoms with E-state index in [0.29, 0.717) is 42.1 Å². The van der Waals surface area contributed by atoms with Crippen molar-refractivity contribution >= 4 is 0 Å². The van der Waals surface area contributed by atoms with Gasteiger partial charge in [0.1, 0.15) is 11.9 Å². The van der Waals surface area contributed by atoms with Crippen molar-refractivity contribution in [2.24, 2.45) is 0 Å². The van der Waals surface area contributed by atoms with Crippen LogP contribution in [0.2, 0.25) is 0 Å². The minimum Gasteiger partial charge on any atom is -0.493 e. The average molecular weight is 422 g/mol. The van der Waals surface area contributed by atoms with Crippen molar-refractivity contribution in [1.82, 2.24) is 19.9 Å². The van der Waals surface area contributed by atoms with Crippen LogP contribution < -0.4 is 9.47 Å². The minimum atomic E-state index is -0.275. The third-order valence-electron chi connectivity index (χ3n) is 5.16. The molecule has 0 fully saturated rings. The SMILES string of the molecule is COc1ccc(-c2noc(-c3cc4n(n3)C[C@H](c3ccc(F)cc3)OC4)n2)cc1OC. The van der Waals surface area contributed by atoms with Crippen LogP contribution in [-0.2, 0) is 17.9 Å². The summed E-state index contributed by atoms with van der Waals surface area (Å²) in [6, 6.07) is 13.6. The number of hydrogen-bond donors (Lipinski definition) is 0. The van der Waals surface area contributed by atoms with E-state index in [9.17, 15) is 4.39 Å². The van der Waals surface area contributed by atoms with Crippen molar-refractivity contribution < 1.29 is 23.1 Å². The molecular formula is C22H19FN4O4. The second kappa shape index (κ2) is 7.84. The maximum Gasteiger partial charge on any atom is 0.278 e. The first-order valence-electron chi connectivity index (χ1n) is 9.65. The van der Waals surface area contributed by atoms with Crippen molar-refractivity contribution in [2.75, 3.05) is 14.2 Å². The van der Waals surface area contributed by atoms with Crippen LogP contribution in [0, 0.1) is 5.82 Å². The van der Waals surface area contributed by atoms with E-state index in [1.165, 1.54) is 12.1 Å². The predicted molar refractivity (Wildman–Crippen MR) is 108 cm³/mol. The van der Waals surface area contributed by atoms with Crippen molar-refractivity contribution in [3.8, 4) is 34.5 Å². The Bertz CT molecular complexity index is 1220. The first-order valence-corrected chi connectivity index (χ1v) is 9.65. The fourth-order valence-electron chi connectivity index (χ4n) is 3.53. The van der Waals surface area contributed by atoms with Gasteiger partial charge in [0.05, 0.1) is 33.1 Å². The van der Waals surface area contributed by atoms with Crippen LogP contribution >= 0.6 is 0 Å². The van der Waals surface area contributed by atoms with Crippen LogP contribution in [0.25, 0.3) is 23.0 Å². The highest BCUT2D eigenvalue weighted by Gasteiger charge is 2.24. The average Bonchev–Trinajstić information content (AvgIpc) is 3.46. The molecule has 2 aromatic carbocycles. The lowest BCUT2D eigenvalue weighted by Crippen LogP contribution is -2.21. The van der Waals surface area contributed by atoms with Crippen LogP contribution in [-0.4, -0.2) is 34.1 Å². The minimum absolute atomic E-state index is 0.203. The molecule has 0 saturated carbocycles. The molecule has 1 aliphatic heterocycles. The van der Waals surface area contributed by atoms with E-state index in [4.69, 9.17) is 18.7 Å². The van der Waals surface area contributed by atoms with E-state index in [1.807, 2.05) is 16.8 Å². The molecule has 0 N–H and O–H groups in total. The molecule has 158 valence electrons. The lowest BCUT2D eigenvalue weighted by Gasteiger charge is -2.24. The fraction of sp³-hybridized carbons (Fsp3) is 0.227. The normalized spacial score (nSPS) is 15.5. The van der Waals surface area contributed by atoms with Gasteiger partial charge >= 0.3 is 0 Å². The molecule has 0 saturated heterocycles. The third-order valence-corrected chi connectivity index (χ3v) is 5.16. The highest BCUT2D eigenvalue weighted by atomic mass is 19.1.